The lowest BCUT2D eigenvalue weighted by molar-refractivity contribution is -0.0514. The zero-order valence-electron chi connectivity index (χ0n) is 14.8. The van der Waals surface area contributed by atoms with Gasteiger partial charge in [0.15, 0.2) is 11.3 Å². The summed E-state index contributed by atoms with van der Waals surface area (Å²) >= 11 is 0. The Kier molecular flexibility index (Phi) is 4.33. The van der Waals surface area contributed by atoms with E-state index in [-0.39, 0.29) is 12.1 Å². The van der Waals surface area contributed by atoms with Gasteiger partial charge in [-0.05, 0) is 25.7 Å². The van der Waals surface area contributed by atoms with Gasteiger partial charge in [-0.1, -0.05) is 26.7 Å². The average molecular weight is 310 g/mol. The maximum Gasteiger partial charge on any atom is 0.323 e. The number of carbonyl (C=O) groups is 2. The largest absolute Gasteiger partial charge is 0.323 e. The van der Waals surface area contributed by atoms with Gasteiger partial charge in [0, 0.05) is 28.2 Å². The van der Waals surface area contributed by atoms with Gasteiger partial charge < -0.3 is 19.6 Å². The molecule has 2 aliphatic rings. The fraction of sp³-hybridized carbons (Fsp3) is 0.875. The van der Waals surface area contributed by atoms with Gasteiger partial charge in [-0.15, -0.1) is 0 Å². The van der Waals surface area contributed by atoms with Gasteiger partial charge in [-0.3, -0.25) is 0 Å². The zero-order chi connectivity index (χ0) is 16.7. The minimum atomic E-state index is -0.574. The van der Waals surface area contributed by atoms with Crippen LogP contribution in [0.4, 0.5) is 9.59 Å². The van der Waals surface area contributed by atoms with Gasteiger partial charge in [-0.2, -0.15) is 0 Å². The van der Waals surface area contributed by atoms with Crippen LogP contribution >= 0.6 is 0 Å². The third-order valence-corrected chi connectivity index (χ3v) is 5.77. The second-order valence-electron chi connectivity index (χ2n) is 6.64. The number of hydrogen-bond acceptors (Lipinski definition) is 2. The number of unbranched alkanes of at least 4 members (excludes halogenated alkanes) is 2. The highest BCUT2D eigenvalue weighted by Crippen LogP contribution is 2.53. The van der Waals surface area contributed by atoms with Gasteiger partial charge in [0.1, 0.15) is 0 Å². The molecule has 22 heavy (non-hydrogen) atoms. The van der Waals surface area contributed by atoms with Crippen molar-refractivity contribution in [2.45, 2.75) is 63.7 Å². The number of fused-ring (bicyclic) bond motifs is 1. The van der Waals surface area contributed by atoms with Crippen molar-refractivity contribution in [3.63, 3.8) is 0 Å². The van der Waals surface area contributed by atoms with Gasteiger partial charge in [-0.25, -0.2) is 9.59 Å². The van der Waals surface area contributed by atoms with Gasteiger partial charge in [0.25, 0.3) is 0 Å². The molecule has 0 bridgehead atoms. The average Bonchev–Trinajstić information content (AvgIpc) is 2.78. The van der Waals surface area contributed by atoms with Crippen LogP contribution in [0, 0.1) is 0 Å². The zero-order valence-corrected chi connectivity index (χ0v) is 14.8. The summed E-state index contributed by atoms with van der Waals surface area (Å²) in [5, 5.41) is 0. The summed E-state index contributed by atoms with van der Waals surface area (Å²) in [5.74, 6) is 0. The minimum absolute atomic E-state index is 0.00148. The maximum atomic E-state index is 12.7. The molecule has 126 valence electrons. The second kappa shape index (κ2) is 5.63. The summed E-state index contributed by atoms with van der Waals surface area (Å²) in [7, 11) is 7.35. The van der Waals surface area contributed by atoms with Gasteiger partial charge in [0.2, 0.25) is 0 Å². The molecule has 2 saturated heterocycles. The van der Waals surface area contributed by atoms with Crippen LogP contribution in [0.15, 0.2) is 0 Å². The molecule has 2 heterocycles. The van der Waals surface area contributed by atoms with Crippen LogP contribution in [-0.2, 0) is 0 Å². The predicted octanol–water partition coefficient (Wildman–Crippen LogP) is 2.75. The van der Waals surface area contributed by atoms with E-state index in [0.29, 0.717) is 0 Å². The monoisotopic (exact) mass is 310 g/mol. The van der Waals surface area contributed by atoms with Gasteiger partial charge >= 0.3 is 12.1 Å². The molecule has 0 saturated carbocycles. The molecule has 2 rings (SSSR count). The third kappa shape index (κ3) is 1.72. The standard InChI is InChI=1S/C16H30N4O2/c1-7-9-11-15-16(12-10-8-2,19(5)13(21)17(15)3)20(6)14(22)18(15)4/h7-12H2,1-6H3. The molecule has 4 amide bonds. The number of hydrogen-bond donors (Lipinski definition) is 0. The first-order valence-corrected chi connectivity index (χ1v) is 8.36. The number of rotatable bonds is 6. The summed E-state index contributed by atoms with van der Waals surface area (Å²) in [4.78, 5) is 32.6. The van der Waals surface area contributed by atoms with E-state index < -0.39 is 11.3 Å². The Balaban J connectivity index is 2.61. The highest BCUT2D eigenvalue weighted by atomic mass is 16.2. The molecule has 6 heteroatoms. The normalized spacial score (nSPS) is 31.5. The van der Waals surface area contributed by atoms with E-state index in [1.54, 1.807) is 19.6 Å². The van der Waals surface area contributed by atoms with Crippen LogP contribution in [0.3, 0.4) is 0 Å². The quantitative estimate of drug-likeness (QED) is 0.757. The molecule has 0 N–H and O–H groups in total. The van der Waals surface area contributed by atoms with E-state index in [2.05, 4.69) is 13.8 Å². The first kappa shape index (κ1) is 16.9. The van der Waals surface area contributed by atoms with Crippen LogP contribution in [0.25, 0.3) is 0 Å². The van der Waals surface area contributed by atoms with Crippen molar-refractivity contribution >= 4 is 12.1 Å². The Morgan fingerprint density at radius 2 is 0.955 bits per heavy atom. The fourth-order valence-corrected chi connectivity index (χ4v) is 4.53. The van der Waals surface area contributed by atoms with Crippen molar-refractivity contribution < 1.29 is 9.59 Å². The Hall–Kier alpha value is -1.46. The van der Waals surface area contributed by atoms with E-state index in [0.717, 1.165) is 38.5 Å². The number of carbonyl (C=O) groups excluding carboxylic acids is 2. The Labute approximate surface area is 134 Å². The van der Waals surface area contributed by atoms with E-state index in [9.17, 15) is 9.59 Å². The van der Waals surface area contributed by atoms with Crippen molar-refractivity contribution in [3.8, 4) is 0 Å². The van der Waals surface area contributed by atoms with Crippen molar-refractivity contribution in [2.24, 2.45) is 0 Å². The molecule has 0 spiro atoms. The molecule has 0 radical (unpaired) electrons. The molecule has 0 unspecified atom stereocenters. The van der Waals surface area contributed by atoms with Crippen LogP contribution in [0.5, 0.6) is 0 Å². The summed E-state index contributed by atoms with van der Waals surface area (Å²) in [5.41, 5.74) is -1.15. The number of likely N-dealkylation sites (N-methyl/N-ethyl adjacent to an activating group) is 4. The molecule has 0 aromatic carbocycles. The maximum absolute atomic E-state index is 12.7. The molecular weight excluding hydrogens is 280 g/mol. The lowest BCUT2D eigenvalue weighted by atomic mass is 9.83. The smallest absolute Gasteiger partial charge is 0.300 e. The molecule has 6 nitrogen and oxygen atoms in total. The fourth-order valence-electron chi connectivity index (χ4n) is 4.53. The highest BCUT2D eigenvalue weighted by Gasteiger charge is 2.74. The number of urea groups is 2. The van der Waals surface area contributed by atoms with E-state index in [4.69, 9.17) is 0 Å². The van der Waals surface area contributed by atoms with Crippen LogP contribution in [0.1, 0.15) is 52.4 Å². The number of nitrogens with zero attached hydrogens (tertiary/aromatic N) is 4. The molecule has 0 atom stereocenters. The molecule has 0 aliphatic carbocycles. The Morgan fingerprint density at radius 1 is 0.682 bits per heavy atom. The first-order valence-electron chi connectivity index (χ1n) is 8.36. The van der Waals surface area contributed by atoms with Gasteiger partial charge in [0.05, 0.1) is 0 Å². The minimum Gasteiger partial charge on any atom is -0.300 e. The number of amides is 4. The highest BCUT2D eigenvalue weighted by molar-refractivity contribution is 5.87. The predicted molar refractivity (Wildman–Crippen MR) is 86.4 cm³/mol. The topological polar surface area (TPSA) is 47.1 Å². The van der Waals surface area contributed by atoms with Crippen LogP contribution < -0.4 is 0 Å². The summed E-state index contributed by atoms with van der Waals surface area (Å²) < 4.78 is 0. The van der Waals surface area contributed by atoms with Crippen LogP contribution in [0.2, 0.25) is 0 Å². The Morgan fingerprint density at radius 3 is 1.18 bits per heavy atom. The van der Waals surface area contributed by atoms with Crippen molar-refractivity contribution in [1.29, 1.82) is 0 Å². The van der Waals surface area contributed by atoms with Crippen molar-refractivity contribution in [1.82, 2.24) is 19.6 Å². The summed E-state index contributed by atoms with van der Waals surface area (Å²) in [6.07, 6.45) is 5.69. The lowest BCUT2D eigenvalue weighted by Gasteiger charge is -2.48. The summed E-state index contributed by atoms with van der Waals surface area (Å²) in [6, 6.07) is -0.00295. The lowest BCUT2D eigenvalue weighted by Crippen LogP contribution is -2.66. The molecule has 0 aromatic heterocycles. The third-order valence-electron chi connectivity index (χ3n) is 5.77. The van der Waals surface area contributed by atoms with Crippen molar-refractivity contribution in [2.75, 3.05) is 28.2 Å². The molecule has 2 aliphatic heterocycles. The van der Waals surface area contributed by atoms with Crippen LogP contribution in [-0.4, -0.2) is 71.2 Å². The van der Waals surface area contributed by atoms with Crippen molar-refractivity contribution in [3.05, 3.63) is 0 Å². The molecule has 2 fully saturated rings. The first-order chi connectivity index (χ1) is 10.3. The van der Waals surface area contributed by atoms with E-state index in [1.165, 1.54) is 0 Å². The van der Waals surface area contributed by atoms with E-state index in [1.807, 2.05) is 28.2 Å². The Bertz CT molecular complexity index is 399. The second-order valence-corrected chi connectivity index (χ2v) is 6.64. The van der Waals surface area contributed by atoms with E-state index >= 15 is 0 Å². The molecular formula is C16H30N4O2. The summed E-state index contributed by atoms with van der Waals surface area (Å²) in [6.45, 7) is 4.29. The SMILES string of the molecule is CCCCC12N(C)C(=O)N(C)C1(CCCC)N(C)C(=O)N2C. The molecule has 0 aromatic rings.